The molecule has 1 amide bonds. The molecule has 1 heterocycles. The van der Waals surface area contributed by atoms with E-state index < -0.39 is 12.1 Å². The molecule has 2 rings (SSSR count). The lowest BCUT2D eigenvalue weighted by atomic mass is 10.0. The van der Waals surface area contributed by atoms with Crippen molar-refractivity contribution < 1.29 is 4.79 Å². The third kappa shape index (κ3) is 5.38. The number of hydrogen-bond donors (Lipinski definition) is 3. The summed E-state index contributed by atoms with van der Waals surface area (Å²) in [5.41, 5.74) is 12.8. The first-order valence-electron chi connectivity index (χ1n) is 8.69. The summed E-state index contributed by atoms with van der Waals surface area (Å²) in [4.78, 5) is 27.0. The molecule has 8 heteroatoms. The van der Waals surface area contributed by atoms with Crippen LogP contribution in [0.25, 0.3) is 0 Å². The molecule has 0 saturated carbocycles. The number of nitrogens with two attached hydrogens (primary N) is 2. The van der Waals surface area contributed by atoms with Crippen molar-refractivity contribution >= 4 is 17.8 Å². The van der Waals surface area contributed by atoms with E-state index in [2.05, 4.69) is 20.3 Å². The predicted molar refractivity (Wildman–Crippen MR) is 102 cm³/mol. The van der Waals surface area contributed by atoms with Crippen molar-refractivity contribution in [3.8, 4) is 0 Å². The molecule has 140 valence electrons. The smallest absolute Gasteiger partial charge is 0.237 e. The monoisotopic (exact) mass is 357 g/mol. The van der Waals surface area contributed by atoms with E-state index in [4.69, 9.17) is 11.5 Å². The quantitative estimate of drug-likeness (QED) is 0.645. The van der Waals surface area contributed by atoms with E-state index >= 15 is 0 Å². The molecule has 2 aromatic rings. The van der Waals surface area contributed by atoms with Gasteiger partial charge in [-0.15, -0.1) is 0 Å². The molecule has 0 aliphatic heterocycles. The largest absolute Gasteiger partial charge is 0.368 e. The van der Waals surface area contributed by atoms with Gasteiger partial charge in [0.1, 0.15) is 0 Å². The highest BCUT2D eigenvalue weighted by atomic mass is 16.2. The number of nitrogens with zero attached hydrogens (tertiary/aromatic N) is 4. The van der Waals surface area contributed by atoms with Crippen LogP contribution < -0.4 is 21.7 Å². The minimum atomic E-state index is -0.564. The molecule has 8 nitrogen and oxygen atoms in total. The summed E-state index contributed by atoms with van der Waals surface area (Å²) in [6.45, 7) is 1.99. The zero-order valence-corrected chi connectivity index (χ0v) is 15.5. The van der Waals surface area contributed by atoms with E-state index in [1.165, 1.54) is 0 Å². The first-order chi connectivity index (χ1) is 12.4. The van der Waals surface area contributed by atoms with Gasteiger partial charge >= 0.3 is 0 Å². The number of nitrogens with one attached hydrogen (secondary N) is 1. The Hall–Kier alpha value is -2.74. The summed E-state index contributed by atoms with van der Waals surface area (Å²) in [7, 11) is 3.64. The van der Waals surface area contributed by atoms with Crippen LogP contribution in [0.5, 0.6) is 0 Å². The Labute approximate surface area is 154 Å². The highest BCUT2D eigenvalue weighted by Gasteiger charge is 2.23. The zero-order valence-electron chi connectivity index (χ0n) is 15.5. The van der Waals surface area contributed by atoms with Gasteiger partial charge in [-0.05, 0) is 18.4 Å². The standard InChI is InChI=1S/C18H27N7O/c1-4-8-13(19)16(26)21-14(11-12-9-6-5-7-10-12)15-22-17(20)24-18(23-15)25(2)3/h5-7,9-10,13-14H,4,8,11,19H2,1-3H3,(H,21,26)(H2,20,22,23,24). The molecule has 0 spiro atoms. The SMILES string of the molecule is CCCC(N)C(=O)NC(Cc1ccccc1)c1nc(N)nc(N(C)C)n1. The van der Waals surface area contributed by atoms with E-state index in [1.54, 1.807) is 4.90 Å². The number of benzene rings is 1. The number of aromatic nitrogens is 3. The lowest BCUT2D eigenvalue weighted by molar-refractivity contribution is -0.123. The summed E-state index contributed by atoms with van der Waals surface area (Å²) in [6.07, 6.45) is 1.98. The van der Waals surface area contributed by atoms with E-state index in [-0.39, 0.29) is 11.9 Å². The van der Waals surface area contributed by atoms with Crippen LogP contribution in [0.3, 0.4) is 0 Å². The van der Waals surface area contributed by atoms with Gasteiger partial charge in [-0.3, -0.25) is 4.79 Å². The van der Waals surface area contributed by atoms with Gasteiger partial charge in [-0.25, -0.2) is 0 Å². The second-order valence-corrected chi connectivity index (χ2v) is 6.39. The Morgan fingerprint density at radius 1 is 1.19 bits per heavy atom. The van der Waals surface area contributed by atoms with Crippen molar-refractivity contribution in [2.75, 3.05) is 24.7 Å². The molecule has 0 fully saturated rings. The maximum absolute atomic E-state index is 12.5. The van der Waals surface area contributed by atoms with Crippen LogP contribution in [0.4, 0.5) is 11.9 Å². The number of carbonyl (C=O) groups is 1. The fourth-order valence-electron chi connectivity index (χ4n) is 2.53. The van der Waals surface area contributed by atoms with Crippen LogP contribution in [0.1, 0.15) is 37.2 Å². The second kappa shape index (κ2) is 9.10. The summed E-state index contributed by atoms with van der Waals surface area (Å²) >= 11 is 0. The topological polar surface area (TPSA) is 123 Å². The van der Waals surface area contributed by atoms with E-state index in [9.17, 15) is 4.79 Å². The molecular weight excluding hydrogens is 330 g/mol. The third-order valence-electron chi connectivity index (χ3n) is 3.91. The van der Waals surface area contributed by atoms with Gasteiger partial charge in [0.15, 0.2) is 5.82 Å². The molecule has 1 aromatic heterocycles. The fourth-order valence-corrected chi connectivity index (χ4v) is 2.53. The number of carbonyl (C=O) groups excluding carboxylic acids is 1. The number of amides is 1. The molecule has 0 aliphatic carbocycles. The molecule has 0 aliphatic rings. The Morgan fingerprint density at radius 2 is 1.88 bits per heavy atom. The zero-order chi connectivity index (χ0) is 19.1. The van der Waals surface area contributed by atoms with Crippen molar-refractivity contribution in [1.29, 1.82) is 0 Å². The third-order valence-corrected chi connectivity index (χ3v) is 3.91. The van der Waals surface area contributed by atoms with Gasteiger partial charge in [-0.1, -0.05) is 43.7 Å². The molecule has 0 radical (unpaired) electrons. The van der Waals surface area contributed by atoms with Gasteiger partial charge in [-0.2, -0.15) is 15.0 Å². The number of anilines is 2. The molecule has 0 saturated heterocycles. The Morgan fingerprint density at radius 3 is 2.50 bits per heavy atom. The van der Waals surface area contributed by atoms with E-state index in [1.807, 2.05) is 51.4 Å². The average molecular weight is 357 g/mol. The predicted octanol–water partition coefficient (Wildman–Crippen LogP) is 1.05. The van der Waals surface area contributed by atoms with Gasteiger partial charge in [0.2, 0.25) is 17.8 Å². The van der Waals surface area contributed by atoms with Crippen LogP contribution in [0, 0.1) is 0 Å². The van der Waals surface area contributed by atoms with E-state index in [0.29, 0.717) is 24.6 Å². The lowest BCUT2D eigenvalue weighted by Crippen LogP contribution is -2.43. The second-order valence-electron chi connectivity index (χ2n) is 6.39. The number of nitrogen functional groups attached to an aromatic ring is 1. The fraction of sp³-hybridized carbons (Fsp3) is 0.444. The van der Waals surface area contributed by atoms with Gasteiger partial charge in [0, 0.05) is 14.1 Å². The van der Waals surface area contributed by atoms with E-state index in [0.717, 1.165) is 12.0 Å². The van der Waals surface area contributed by atoms with Gasteiger partial charge in [0.25, 0.3) is 0 Å². The molecular formula is C18H27N7O. The molecule has 2 unspecified atom stereocenters. The van der Waals surface area contributed by atoms with Crippen molar-refractivity contribution in [2.45, 2.75) is 38.3 Å². The summed E-state index contributed by atoms with van der Waals surface area (Å²) < 4.78 is 0. The lowest BCUT2D eigenvalue weighted by Gasteiger charge is -2.21. The Bertz CT molecular complexity index is 721. The van der Waals surface area contributed by atoms with Crippen LogP contribution in [0.2, 0.25) is 0 Å². The maximum Gasteiger partial charge on any atom is 0.237 e. The Kier molecular flexibility index (Phi) is 6.85. The first kappa shape index (κ1) is 19.6. The summed E-state index contributed by atoms with van der Waals surface area (Å²) in [5.74, 6) is 0.752. The summed E-state index contributed by atoms with van der Waals surface area (Å²) in [5, 5.41) is 2.97. The van der Waals surface area contributed by atoms with Gasteiger partial charge in [0.05, 0.1) is 12.1 Å². The normalized spacial score (nSPS) is 13.1. The van der Waals surface area contributed by atoms with Crippen LogP contribution >= 0.6 is 0 Å². The van der Waals surface area contributed by atoms with Crippen LogP contribution in [0.15, 0.2) is 30.3 Å². The Balaban J connectivity index is 2.32. The van der Waals surface area contributed by atoms with Crippen LogP contribution in [-0.2, 0) is 11.2 Å². The highest BCUT2D eigenvalue weighted by molar-refractivity contribution is 5.81. The average Bonchev–Trinajstić information content (AvgIpc) is 2.61. The molecule has 26 heavy (non-hydrogen) atoms. The molecule has 5 N–H and O–H groups in total. The van der Waals surface area contributed by atoms with Gasteiger partial charge < -0.3 is 21.7 Å². The first-order valence-corrected chi connectivity index (χ1v) is 8.69. The van der Waals surface area contributed by atoms with Crippen molar-refractivity contribution in [1.82, 2.24) is 20.3 Å². The summed E-state index contributed by atoms with van der Waals surface area (Å²) in [6, 6.07) is 8.81. The molecule has 1 aromatic carbocycles. The molecule has 0 bridgehead atoms. The molecule has 2 atom stereocenters. The van der Waals surface area contributed by atoms with Crippen molar-refractivity contribution in [2.24, 2.45) is 5.73 Å². The van der Waals surface area contributed by atoms with Crippen LogP contribution in [-0.4, -0.2) is 41.0 Å². The maximum atomic E-state index is 12.5. The number of rotatable bonds is 8. The minimum Gasteiger partial charge on any atom is -0.368 e. The highest BCUT2D eigenvalue weighted by Crippen LogP contribution is 2.18. The number of hydrogen-bond acceptors (Lipinski definition) is 7. The van der Waals surface area contributed by atoms with Crippen molar-refractivity contribution in [3.05, 3.63) is 41.7 Å². The van der Waals surface area contributed by atoms with Crippen molar-refractivity contribution in [3.63, 3.8) is 0 Å². The minimum absolute atomic E-state index is 0.115.